The lowest BCUT2D eigenvalue weighted by Crippen LogP contribution is -2.40. The number of carbonyl (C=O) groups excluding carboxylic acids is 1. The van der Waals surface area contributed by atoms with E-state index in [2.05, 4.69) is 5.16 Å². The summed E-state index contributed by atoms with van der Waals surface area (Å²) in [5, 5.41) is 4.03. The predicted octanol–water partition coefficient (Wildman–Crippen LogP) is 2.20. The van der Waals surface area contributed by atoms with Crippen molar-refractivity contribution < 1.29 is 18.8 Å². The fraction of sp³-hybridized carbons (Fsp3) is 0.500. The SMILES string of the molecule is CCCN(C[C@H]1CC(c2cccc(F)c2)=NO1)C(=O)COC. The third-order valence-electron chi connectivity index (χ3n) is 3.43. The number of oxime groups is 1. The molecule has 1 aliphatic rings. The first kappa shape index (κ1) is 16.4. The minimum absolute atomic E-state index is 0.0599. The number of ether oxygens (including phenoxy) is 1. The highest BCUT2D eigenvalue weighted by atomic mass is 19.1. The van der Waals surface area contributed by atoms with Crippen molar-refractivity contribution in [2.75, 3.05) is 26.8 Å². The van der Waals surface area contributed by atoms with Crippen LogP contribution >= 0.6 is 0 Å². The Hall–Kier alpha value is -1.95. The molecule has 1 amide bonds. The summed E-state index contributed by atoms with van der Waals surface area (Å²) in [4.78, 5) is 19.1. The van der Waals surface area contributed by atoms with Gasteiger partial charge in [-0.1, -0.05) is 24.2 Å². The molecule has 0 N–H and O–H groups in total. The molecule has 0 unspecified atom stereocenters. The molecule has 0 aliphatic carbocycles. The van der Waals surface area contributed by atoms with Crippen LogP contribution in [0.15, 0.2) is 29.4 Å². The Balaban J connectivity index is 1.94. The molecule has 0 bridgehead atoms. The average molecular weight is 308 g/mol. The molecule has 1 aliphatic heterocycles. The van der Waals surface area contributed by atoms with E-state index >= 15 is 0 Å². The van der Waals surface area contributed by atoms with Gasteiger partial charge < -0.3 is 14.5 Å². The Morgan fingerprint density at radius 1 is 1.55 bits per heavy atom. The first-order chi connectivity index (χ1) is 10.6. The van der Waals surface area contributed by atoms with Crippen LogP contribution in [-0.2, 0) is 14.4 Å². The van der Waals surface area contributed by atoms with Crippen LogP contribution in [0, 0.1) is 5.82 Å². The molecule has 0 saturated carbocycles. The van der Waals surface area contributed by atoms with Crippen molar-refractivity contribution in [3.8, 4) is 0 Å². The molecule has 2 rings (SSSR count). The highest BCUT2D eigenvalue weighted by molar-refractivity contribution is 6.01. The predicted molar refractivity (Wildman–Crippen MR) is 81.2 cm³/mol. The van der Waals surface area contributed by atoms with Gasteiger partial charge in [-0.15, -0.1) is 0 Å². The Morgan fingerprint density at radius 2 is 2.36 bits per heavy atom. The fourth-order valence-corrected chi connectivity index (χ4v) is 2.41. The maximum absolute atomic E-state index is 13.3. The molecule has 0 fully saturated rings. The summed E-state index contributed by atoms with van der Waals surface area (Å²) < 4.78 is 18.2. The monoisotopic (exact) mass is 308 g/mol. The Kier molecular flexibility index (Phi) is 5.89. The molecule has 1 aromatic rings. The van der Waals surface area contributed by atoms with Crippen LogP contribution in [0.5, 0.6) is 0 Å². The van der Waals surface area contributed by atoms with Gasteiger partial charge in [0.2, 0.25) is 5.91 Å². The first-order valence-corrected chi connectivity index (χ1v) is 7.39. The molecule has 5 nitrogen and oxygen atoms in total. The standard InChI is InChI=1S/C16H21FN2O3/c1-3-7-19(16(20)11-21-2)10-14-9-15(18-22-14)12-5-4-6-13(17)8-12/h4-6,8,14H,3,7,9-11H2,1-2H3/t14-/m1/s1. The normalized spacial score (nSPS) is 17.0. The lowest BCUT2D eigenvalue weighted by molar-refractivity contribution is -0.136. The van der Waals surface area contributed by atoms with Crippen LogP contribution < -0.4 is 0 Å². The summed E-state index contributed by atoms with van der Waals surface area (Å²) in [6.45, 7) is 3.18. The van der Waals surface area contributed by atoms with E-state index in [0.29, 0.717) is 30.8 Å². The summed E-state index contributed by atoms with van der Waals surface area (Å²) in [6, 6.07) is 6.27. The van der Waals surface area contributed by atoms with Crippen LogP contribution in [0.2, 0.25) is 0 Å². The van der Waals surface area contributed by atoms with E-state index in [1.807, 2.05) is 6.92 Å². The van der Waals surface area contributed by atoms with Crippen molar-refractivity contribution in [1.29, 1.82) is 0 Å². The zero-order valence-corrected chi connectivity index (χ0v) is 12.9. The van der Waals surface area contributed by atoms with Gasteiger partial charge in [-0.3, -0.25) is 4.79 Å². The van der Waals surface area contributed by atoms with Crippen molar-refractivity contribution >= 4 is 11.6 Å². The summed E-state index contributed by atoms with van der Waals surface area (Å²) in [5.74, 6) is -0.362. The van der Waals surface area contributed by atoms with E-state index in [1.165, 1.54) is 19.2 Å². The molecule has 6 heteroatoms. The fourth-order valence-electron chi connectivity index (χ4n) is 2.41. The molecular weight excluding hydrogens is 287 g/mol. The highest BCUT2D eigenvalue weighted by Crippen LogP contribution is 2.18. The molecular formula is C16H21FN2O3. The Bertz CT molecular complexity index is 548. The molecule has 120 valence electrons. The molecule has 0 aromatic heterocycles. The lowest BCUT2D eigenvalue weighted by Gasteiger charge is -2.24. The Labute approximate surface area is 129 Å². The van der Waals surface area contributed by atoms with E-state index in [4.69, 9.17) is 9.57 Å². The van der Waals surface area contributed by atoms with E-state index in [-0.39, 0.29) is 24.4 Å². The summed E-state index contributed by atoms with van der Waals surface area (Å²) >= 11 is 0. The molecule has 1 heterocycles. The van der Waals surface area contributed by atoms with Gasteiger partial charge in [-0.2, -0.15) is 0 Å². The minimum Gasteiger partial charge on any atom is -0.390 e. The van der Waals surface area contributed by atoms with Crippen molar-refractivity contribution in [3.63, 3.8) is 0 Å². The van der Waals surface area contributed by atoms with Crippen molar-refractivity contribution in [1.82, 2.24) is 4.90 Å². The van der Waals surface area contributed by atoms with E-state index in [0.717, 1.165) is 6.42 Å². The number of amides is 1. The second-order valence-corrected chi connectivity index (χ2v) is 5.25. The van der Waals surface area contributed by atoms with Crippen LogP contribution in [0.1, 0.15) is 25.3 Å². The van der Waals surface area contributed by atoms with E-state index < -0.39 is 0 Å². The quantitative estimate of drug-likeness (QED) is 0.776. The van der Waals surface area contributed by atoms with Gasteiger partial charge in [-0.25, -0.2) is 4.39 Å². The van der Waals surface area contributed by atoms with Gasteiger partial charge in [0.25, 0.3) is 0 Å². The number of carbonyl (C=O) groups is 1. The zero-order valence-electron chi connectivity index (χ0n) is 12.9. The van der Waals surface area contributed by atoms with Crippen molar-refractivity contribution in [3.05, 3.63) is 35.6 Å². The number of benzene rings is 1. The number of hydrogen-bond acceptors (Lipinski definition) is 4. The van der Waals surface area contributed by atoms with Crippen LogP contribution in [-0.4, -0.2) is 49.4 Å². The molecule has 22 heavy (non-hydrogen) atoms. The molecule has 0 saturated heterocycles. The van der Waals surface area contributed by atoms with Gasteiger partial charge in [0.05, 0.1) is 12.3 Å². The summed E-state index contributed by atoms with van der Waals surface area (Å²) in [5.41, 5.74) is 1.42. The number of rotatable bonds is 7. The minimum atomic E-state index is -0.300. The topological polar surface area (TPSA) is 51.1 Å². The van der Waals surface area contributed by atoms with Gasteiger partial charge in [0.1, 0.15) is 12.4 Å². The molecule has 1 aromatic carbocycles. The largest absolute Gasteiger partial charge is 0.390 e. The van der Waals surface area contributed by atoms with Gasteiger partial charge in [0, 0.05) is 25.6 Å². The third kappa shape index (κ3) is 4.27. The first-order valence-electron chi connectivity index (χ1n) is 7.39. The number of methoxy groups -OCH3 is 1. The second-order valence-electron chi connectivity index (χ2n) is 5.25. The number of hydrogen-bond donors (Lipinski definition) is 0. The summed E-state index contributed by atoms with van der Waals surface area (Å²) in [6.07, 6.45) is 1.22. The number of halogens is 1. The van der Waals surface area contributed by atoms with Gasteiger partial charge in [0.15, 0.2) is 6.10 Å². The number of nitrogens with zero attached hydrogens (tertiary/aromatic N) is 2. The smallest absolute Gasteiger partial charge is 0.248 e. The maximum atomic E-state index is 13.3. The van der Waals surface area contributed by atoms with Crippen molar-refractivity contribution in [2.24, 2.45) is 5.16 Å². The van der Waals surface area contributed by atoms with Crippen LogP contribution in [0.3, 0.4) is 0 Å². The third-order valence-corrected chi connectivity index (χ3v) is 3.43. The average Bonchev–Trinajstić information content (AvgIpc) is 2.96. The van der Waals surface area contributed by atoms with Crippen LogP contribution in [0.4, 0.5) is 4.39 Å². The summed E-state index contributed by atoms with van der Waals surface area (Å²) in [7, 11) is 1.50. The van der Waals surface area contributed by atoms with E-state index in [9.17, 15) is 9.18 Å². The van der Waals surface area contributed by atoms with Crippen LogP contribution in [0.25, 0.3) is 0 Å². The lowest BCUT2D eigenvalue weighted by atomic mass is 10.0. The molecule has 1 atom stereocenters. The zero-order chi connectivity index (χ0) is 15.9. The van der Waals surface area contributed by atoms with Gasteiger partial charge in [-0.05, 0) is 18.6 Å². The van der Waals surface area contributed by atoms with Crippen molar-refractivity contribution in [2.45, 2.75) is 25.9 Å². The maximum Gasteiger partial charge on any atom is 0.248 e. The van der Waals surface area contributed by atoms with Gasteiger partial charge >= 0.3 is 0 Å². The Morgan fingerprint density at radius 3 is 3.05 bits per heavy atom. The highest BCUT2D eigenvalue weighted by Gasteiger charge is 2.26. The second kappa shape index (κ2) is 7.89. The van der Waals surface area contributed by atoms with E-state index in [1.54, 1.807) is 17.0 Å². The molecule has 0 radical (unpaired) electrons. The molecule has 0 spiro atoms.